The van der Waals surface area contributed by atoms with Gasteiger partial charge in [0.15, 0.2) is 0 Å². The SMILES string of the molecule is CCOc1ccc([C@@H]2c3c(-c4cc(Cl)c(C)cc4O)n[nH]c3C(=O)N2CCCO)cc1. The smallest absolute Gasteiger partial charge is 0.273 e. The molecule has 31 heavy (non-hydrogen) atoms. The van der Waals surface area contributed by atoms with Gasteiger partial charge in [-0.3, -0.25) is 9.89 Å². The van der Waals surface area contributed by atoms with Gasteiger partial charge in [0.1, 0.15) is 22.9 Å². The van der Waals surface area contributed by atoms with Crippen LogP contribution >= 0.6 is 11.6 Å². The van der Waals surface area contributed by atoms with Gasteiger partial charge in [0.2, 0.25) is 0 Å². The minimum absolute atomic E-state index is 0.0207. The lowest BCUT2D eigenvalue weighted by atomic mass is 9.95. The molecule has 1 aliphatic rings. The van der Waals surface area contributed by atoms with E-state index < -0.39 is 6.04 Å². The quantitative estimate of drug-likeness (QED) is 0.513. The van der Waals surface area contributed by atoms with Gasteiger partial charge in [-0.1, -0.05) is 23.7 Å². The van der Waals surface area contributed by atoms with Gasteiger partial charge in [-0.05, 0) is 55.7 Å². The molecule has 4 rings (SSSR count). The Kier molecular flexibility index (Phi) is 5.89. The Bertz CT molecular complexity index is 1110. The Morgan fingerprint density at radius 3 is 2.68 bits per heavy atom. The van der Waals surface area contributed by atoms with Gasteiger partial charge in [-0.15, -0.1) is 0 Å². The van der Waals surface area contributed by atoms with E-state index in [-0.39, 0.29) is 18.3 Å². The molecule has 2 aromatic carbocycles. The summed E-state index contributed by atoms with van der Waals surface area (Å²) in [5, 5.41) is 27.6. The molecule has 7 nitrogen and oxygen atoms in total. The van der Waals surface area contributed by atoms with Crippen LogP contribution in [0.25, 0.3) is 11.3 Å². The number of nitrogens with one attached hydrogen (secondary N) is 1. The zero-order valence-corrected chi connectivity index (χ0v) is 18.1. The average molecular weight is 442 g/mol. The second-order valence-corrected chi connectivity index (χ2v) is 7.87. The Balaban J connectivity index is 1.85. The van der Waals surface area contributed by atoms with Crippen molar-refractivity contribution in [3.63, 3.8) is 0 Å². The number of aryl methyl sites for hydroxylation is 1. The molecular weight excluding hydrogens is 418 g/mol. The van der Waals surface area contributed by atoms with Crippen LogP contribution in [0.3, 0.4) is 0 Å². The number of halogens is 1. The number of hydrogen-bond donors (Lipinski definition) is 3. The van der Waals surface area contributed by atoms with Crippen molar-refractivity contribution in [2.45, 2.75) is 26.3 Å². The fourth-order valence-electron chi connectivity index (χ4n) is 3.99. The molecule has 1 atom stereocenters. The van der Waals surface area contributed by atoms with Crippen molar-refractivity contribution in [2.24, 2.45) is 0 Å². The number of phenols is 1. The highest BCUT2D eigenvalue weighted by atomic mass is 35.5. The zero-order chi connectivity index (χ0) is 22.1. The summed E-state index contributed by atoms with van der Waals surface area (Å²) >= 11 is 6.31. The van der Waals surface area contributed by atoms with E-state index in [4.69, 9.17) is 16.3 Å². The first-order valence-corrected chi connectivity index (χ1v) is 10.6. The zero-order valence-electron chi connectivity index (χ0n) is 17.4. The largest absolute Gasteiger partial charge is 0.507 e. The Labute approximate surface area is 185 Å². The van der Waals surface area contributed by atoms with E-state index >= 15 is 0 Å². The van der Waals surface area contributed by atoms with Gasteiger partial charge >= 0.3 is 0 Å². The van der Waals surface area contributed by atoms with Gasteiger partial charge in [-0.2, -0.15) is 5.10 Å². The fourth-order valence-corrected chi connectivity index (χ4v) is 4.15. The number of aromatic nitrogens is 2. The van der Waals surface area contributed by atoms with E-state index in [9.17, 15) is 15.0 Å². The van der Waals surface area contributed by atoms with E-state index in [1.54, 1.807) is 17.0 Å². The second-order valence-electron chi connectivity index (χ2n) is 7.46. The van der Waals surface area contributed by atoms with Crippen LogP contribution in [0.1, 0.15) is 46.6 Å². The third kappa shape index (κ3) is 3.75. The van der Waals surface area contributed by atoms with Gasteiger partial charge in [0, 0.05) is 29.3 Å². The topological polar surface area (TPSA) is 98.7 Å². The molecule has 1 aliphatic heterocycles. The summed E-state index contributed by atoms with van der Waals surface area (Å²) in [6.45, 7) is 4.66. The van der Waals surface area contributed by atoms with E-state index in [1.165, 1.54) is 0 Å². The Hall–Kier alpha value is -3.03. The molecule has 0 fully saturated rings. The molecule has 0 saturated heterocycles. The van der Waals surface area contributed by atoms with E-state index in [1.807, 2.05) is 38.1 Å². The normalized spacial score (nSPS) is 15.4. The predicted molar refractivity (Wildman–Crippen MR) is 118 cm³/mol. The molecule has 0 radical (unpaired) electrons. The second kappa shape index (κ2) is 8.61. The predicted octanol–water partition coefficient (Wildman–Crippen LogP) is 4.07. The van der Waals surface area contributed by atoms with Crippen molar-refractivity contribution in [3.8, 4) is 22.8 Å². The summed E-state index contributed by atoms with van der Waals surface area (Å²) in [4.78, 5) is 14.9. The molecule has 0 spiro atoms. The number of amides is 1. The Morgan fingerprint density at radius 2 is 2.00 bits per heavy atom. The molecule has 2 heterocycles. The van der Waals surface area contributed by atoms with Gasteiger partial charge in [0.25, 0.3) is 5.91 Å². The van der Waals surface area contributed by atoms with E-state index in [2.05, 4.69) is 10.2 Å². The van der Waals surface area contributed by atoms with Crippen LogP contribution < -0.4 is 4.74 Å². The molecule has 0 unspecified atom stereocenters. The fraction of sp³-hybridized carbons (Fsp3) is 0.304. The summed E-state index contributed by atoms with van der Waals surface area (Å²) in [5.74, 6) is 0.592. The first kappa shape index (κ1) is 21.2. The molecule has 0 bridgehead atoms. The highest BCUT2D eigenvalue weighted by Gasteiger charge is 2.42. The molecule has 1 amide bonds. The maximum absolute atomic E-state index is 13.2. The lowest BCUT2D eigenvalue weighted by Crippen LogP contribution is -2.31. The molecule has 3 N–H and O–H groups in total. The minimum Gasteiger partial charge on any atom is -0.507 e. The molecule has 162 valence electrons. The summed E-state index contributed by atoms with van der Waals surface area (Å²) < 4.78 is 5.54. The number of aromatic hydroxyl groups is 1. The monoisotopic (exact) mass is 441 g/mol. The lowest BCUT2D eigenvalue weighted by molar-refractivity contribution is 0.0732. The highest BCUT2D eigenvalue weighted by molar-refractivity contribution is 6.31. The van der Waals surface area contributed by atoms with Gasteiger partial charge < -0.3 is 19.8 Å². The minimum atomic E-state index is -0.419. The van der Waals surface area contributed by atoms with Crippen LogP contribution in [0.2, 0.25) is 5.02 Å². The first-order valence-electron chi connectivity index (χ1n) is 10.2. The molecule has 0 aliphatic carbocycles. The number of aliphatic hydroxyl groups is 1. The number of rotatable bonds is 7. The number of aliphatic hydroxyl groups excluding tert-OH is 1. The molecule has 0 saturated carbocycles. The summed E-state index contributed by atoms with van der Waals surface area (Å²) in [6, 6.07) is 10.4. The van der Waals surface area contributed by atoms with E-state index in [0.717, 1.165) is 16.9 Å². The number of hydrogen-bond acceptors (Lipinski definition) is 5. The van der Waals surface area contributed by atoms with Crippen molar-refractivity contribution >= 4 is 17.5 Å². The summed E-state index contributed by atoms with van der Waals surface area (Å²) in [6.07, 6.45) is 0.452. The van der Waals surface area contributed by atoms with Crippen LogP contribution in [0.4, 0.5) is 0 Å². The third-order valence-corrected chi connectivity index (χ3v) is 5.87. The number of aromatic amines is 1. The maximum Gasteiger partial charge on any atom is 0.273 e. The van der Waals surface area contributed by atoms with Crippen molar-refractivity contribution < 1.29 is 19.7 Å². The standard InChI is InChI=1S/C23H24ClN3O4/c1-3-31-15-7-5-14(6-8-15)22-19-20(16-12-17(24)13(2)11-18(16)29)25-26-21(19)23(30)27(22)9-4-10-28/h5-8,11-12,22,28-29H,3-4,9-10H2,1-2H3,(H,25,26)/t22-/m1/s1. The summed E-state index contributed by atoms with van der Waals surface area (Å²) in [5.41, 5.74) is 3.63. The third-order valence-electron chi connectivity index (χ3n) is 5.46. The van der Waals surface area contributed by atoms with Crippen LogP contribution in [-0.2, 0) is 0 Å². The number of benzene rings is 2. The molecule has 3 aromatic rings. The number of fused-ring (bicyclic) bond motifs is 1. The first-order chi connectivity index (χ1) is 15.0. The highest BCUT2D eigenvalue weighted by Crippen LogP contribution is 2.45. The number of carbonyl (C=O) groups is 1. The van der Waals surface area contributed by atoms with Crippen molar-refractivity contribution in [1.29, 1.82) is 0 Å². The van der Waals surface area contributed by atoms with Crippen LogP contribution in [0.15, 0.2) is 36.4 Å². The van der Waals surface area contributed by atoms with Crippen LogP contribution in [0, 0.1) is 6.92 Å². The van der Waals surface area contributed by atoms with Crippen LogP contribution in [0.5, 0.6) is 11.5 Å². The molecular formula is C23H24ClN3O4. The summed E-state index contributed by atoms with van der Waals surface area (Å²) in [7, 11) is 0. The van der Waals surface area contributed by atoms with Crippen molar-refractivity contribution in [1.82, 2.24) is 15.1 Å². The molecule has 8 heteroatoms. The van der Waals surface area contributed by atoms with E-state index in [0.29, 0.717) is 47.1 Å². The number of nitrogens with zero attached hydrogens (tertiary/aromatic N) is 2. The molecule has 1 aromatic heterocycles. The average Bonchev–Trinajstić information content (AvgIpc) is 3.29. The van der Waals surface area contributed by atoms with Crippen molar-refractivity contribution in [3.05, 3.63) is 63.8 Å². The van der Waals surface area contributed by atoms with Gasteiger partial charge in [-0.25, -0.2) is 0 Å². The number of H-pyrrole nitrogens is 1. The number of phenolic OH excluding ortho intramolecular Hbond substituents is 1. The number of carbonyl (C=O) groups excluding carboxylic acids is 1. The lowest BCUT2D eigenvalue weighted by Gasteiger charge is -2.26. The maximum atomic E-state index is 13.2. The van der Waals surface area contributed by atoms with Gasteiger partial charge in [0.05, 0.1) is 12.6 Å². The van der Waals surface area contributed by atoms with Crippen molar-refractivity contribution in [2.75, 3.05) is 19.8 Å². The number of ether oxygens (including phenoxy) is 1. The van der Waals surface area contributed by atoms with Crippen LogP contribution in [-0.4, -0.2) is 51.0 Å². The Morgan fingerprint density at radius 1 is 1.26 bits per heavy atom.